The smallest absolute Gasteiger partial charge is 0.257 e. The molecule has 1 unspecified atom stereocenters. The van der Waals surface area contributed by atoms with Crippen LogP contribution in [-0.2, 0) is 16.1 Å². The van der Waals surface area contributed by atoms with Gasteiger partial charge in [0.25, 0.3) is 11.8 Å². The molecule has 1 spiro atoms. The molecule has 204 valence electrons. The topological polar surface area (TPSA) is 101 Å². The van der Waals surface area contributed by atoms with Gasteiger partial charge in [-0.05, 0) is 48.5 Å². The number of ether oxygens (including phenoxy) is 2. The van der Waals surface area contributed by atoms with Gasteiger partial charge in [0.15, 0.2) is 0 Å². The van der Waals surface area contributed by atoms with E-state index in [-0.39, 0.29) is 30.9 Å². The number of hydrogen-bond acceptors (Lipinski definition) is 6. The number of nitrogens with zero attached hydrogens (tertiary/aromatic N) is 2. The number of rotatable bonds is 6. The van der Waals surface area contributed by atoms with Crippen LogP contribution in [0.5, 0.6) is 5.75 Å². The number of piperidine rings is 1. The van der Waals surface area contributed by atoms with Crippen molar-refractivity contribution >= 4 is 40.9 Å². The highest BCUT2D eigenvalue weighted by molar-refractivity contribution is 6.42. The van der Waals surface area contributed by atoms with Crippen LogP contribution in [0.15, 0.2) is 65.3 Å². The maximum atomic E-state index is 13.9. The molecule has 2 aliphatic rings. The number of nitrogens with one attached hydrogen (secondary N) is 1. The molecule has 2 aromatic carbocycles. The number of amides is 3. The van der Waals surface area contributed by atoms with E-state index in [9.17, 15) is 14.4 Å². The molecule has 9 nitrogen and oxygen atoms in total. The molecule has 5 rings (SSSR count). The largest absolute Gasteiger partial charge is 0.497 e. The van der Waals surface area contributed by atoms with Crippen molar-refractivity contribution in [2.45, 2.75) is 31.2 Å². The second-order valence-corrected chi connectivity index (χ2v) is 10.2. The van der Waals surface area contributed by atoms with Gasteiger partial charge in [0, 0.05) is 37.1 Å². The molecule has 0 bridgehead atoms. The van der Waals surface area contributed by atoms with Crippen LogP contribution in [0.2, 0.25) is 10.0 Å². The molecule has 0 aliphatic carbocycles. The number of halogens is 2. The first-order valence-corrected chi connectivity index (χ1v) is 13.2. The van der Waals surface area contributed by atoms with Crippen LogP contribution in [0.4, 0.5) is 0 Å². The van der Waals surface area contributed by atoms with E-state index in [1.165, 1.54) is 18.3 Å². The summed E-state index contributed by atoms with van der Waals surface area (Å²) in [5.41, 5.74) is -0.258. The Labute approximate surface area is 235 Å². The van der Waals surface area contributed by atoms with E-state index in [2.05, 4.69) is 5.32 Å². The Balaban J connectivity index is 1.37. The van der Waals surface area contributed by atoms with Crippen molar-refractivity contribution in [3.8, 4) is 5.75 Å². The Hall–Kier alpha value is -3.53. The summed E-state index contributed by atoms with van der Waals surface area (Å²) in [6.45, 7) is 0.853. The summed E-state index contributed by atoms with van der Waals surface area (Å²) in [4.78, 5) is 43.6. The summed E-state index contributed by atoms with van der Waals surface area (Å²) < 4.78 is 16.9. The number of benzene rings is 2. The molecule has 11 heteroatoms. The lowest BCUT2D eigenvalue weighted by Crippen LogP contribution is -2.59. The fraction of sp³-hybridized carbons (Fsp3) is 0.321. The number of carbonyl (C=O) groups is 3. The van der Waals surface area contributed by atoms with Crippen molar-refractivity contribution in [2.24, 2.45) is 0 Å². The summed E-state index contributed by atoms with van der Waals surface area (Å²) in [7, 11) is 1.52. The second-order valence-electron chi connectivity index (χ2n) is 9.40. The Kier molecular flexibility index (Phi) is 7.83. The van der Waals surface area contributed by atoms with E-state index in [1.807, 2.05) is 0 Å². The summed E-state index contributed by atoms with van der Waals surface area (Å²) in [6.07, 6.45) is 2.19. The molecule has 3 heterocycles. The first-order valence-electron chi connectivity index (χ1n) is 12.5. The number of methoxy groups -OCH3 is 1. The lowest BCUT2D eigenvalue weighted by Gasteiger charge is -2.44. The van der Waals surface area contributed by atoms with E-state index < -0.39 is 11.8 Å². The Bertz CT molecular complexity index is 1370. The minimum Gasteiger partial charge on any atom is -0.497 e. The van der Waals surface area contributed by atoms with Crippen molar-refractivity contribution in [3.05, 3.63) is 87.8 Å². The van der Waals surface area contributed by atoms with E-state index in [0.717, 1.165) is 0 Å². The van der Waals surface area contributed by atoms with Crippen LogP contribution in [0.3, 0.4) is 0 Å². The number of hydrogen-bond donors (Lipinski definition) is 1. The van der Waals surface area contributed by atoms with E-state index in [0.29, 0.717) is 58.6 Å². The minimum atomic E-state index is -1.05. The van der Waals surface area contributed by atoms with Gasteiger partial charge in [0.1, 0.15) is 23.3 Å². The summed E-state index contributed by atoms with van der Waals surface area (Å²) >= 11 is 12.1. The quantitative estimate of drug-likeness (QED) is 0.471. The van der Waals surface area contributed by atoms with Gasteiger partial charge < -0.3 is 24.1 Å². The summed E-state index contributed by atoms with van der Waals surface area (Å²) in [5, 5.41) is 3.52. The maximum absolute atomic E-state index is 13.9. The fourth-order valence-electron chi connectivity index (χ4n) is 5.04. The van der Waals surface area contributed by atoms with Crippen LogP contribution >= 0.6 is 23.2 Å². The SMILES string of the molecule is COc1cccc(C(=O)N2C(C(=O)NCc3ccco3)COC23CCN(C(=O)c2ccc(Cl)c(Cl)c2)CC3)c1. The van der Waals surface area contributed by atoms with Crippen molar-refractivity contribution < 1.29 is 28.3 Å². The normalized spacial score (nSPS) is 18.3. The highest BCUT2D eigenvalue weighted by Gasteiger charge is 2.54. The third-order valence-electron chi connectivity index (χ3n) is 7.11. The molecule has 1 N–H and O–H groups in total. The molecule has 3 amide bonds. The van der Waals surface area contributed by atoms with E-state index >= 15 is 0 Å². The predicted octanol–water partition coefficient (Wildman–Crippen LogP) is 4.38. The standard InChI is InChI=1S/C28H27Cl2N3O6/c1-37-20-5-2-4-18(14-20)27(36)33-24(25(34)31-16-21-6-3-13-38-21)17-39-28(33)9-11-32(12-10-28)26(35)19-7-8-22(29)23(30)15-19/h2-8,13-15,24H,9-12,16-17H2,1H3,(H,31,34). The van der Waals surface area contributed by atoms with Gasteiger partial charge in [-0.25, -0.2) is 0 Å². The van der Waals surface area contributed by atoms with Gasteiger partial charge in [-0.3, -0.25) is 19.3 Å². The predicted molar refractivity (Wildman–Crippen MR) is 144 cm³/mol. The first kappa shape index (κ1) is 27.1. The molecule has 39 heavy (non-hydrogen) atoms. The zero-order valence-electron chi connectivity index (χ0n) is 21.2. The van der Waals surface area contributed by atoms with Crippen molar-refractivity contribution in [1.29, 1.82) is 0 Å². The van der Waals surface area contributed by atoms with Crippen LogP contribution < -0.4 is 10.1 Å². The fourth-order valence-corrected chi connectivity index (χ4v) is 5.34. The average molecular weight is 572 g/mol. The molecular formula is C28H27Cl2N3O6. The van der Waals surface area contributed by atoms with Crippen molar-refractivity contribution in [1.82, 2.24) is 15.1 Å². The Morgan fingerprint density at radius 1 is 1.00 bits per heavy atom. The zero-order valence-corrected chi connectivity index (χ0v) is 22.7. The summed E-state index contributed by atoms with van der Waals surface area (Å²) in [5.74, 6) is 0.218. The molecule has 3 aromatic rings. The van der Waals surface area contributed by atoms with Gasteiger partial charge in [-0.1, -0.05) is 29.3 Å². The molecule has 2 fully saturated rings. The molecular weight excluding hydrogens is 545 g/mol. The highest BCUT2D eigenvalue weighted by atomic mass is 35.5. The van der Waals surface area contributed by atoms with Crippen LogP contribution in [-0.4, -0.2) is 66.1 Å². The van der Waals surface area contributed by atoms with Gasteiger partial charge >= 0.3 is 0 Å². The molecule has 2 saturated heterocycles. The first-order chi connectivity index (χ1) is 18.8. The Morgan fingerprint density at radius 2 is 1.77 bits per heavy atom. The minimum absolute atomic E-state index is 0.0282. The Morgan fingerprint density at radius 3 is 2.46 bits per heavy atom. The van der Waals surface area contributed by atoms with E-state index in [1.54, 1.807) is 59.5 Å². The third kappa shape index (κ3) is 5.48. The monoisotopic (exact) mass is 571 g/mol. The molecule has 1 aromatic heterocycles. The maximum Gasteiger partial charge on any atom is 0.257 e. The second kappa shape index (κ2) is 11.3. The summed E-state index contributed by atoms with van der Waals surface area (Å²) in [6, 6.07) is 14.2. The van der Waals surface area contributed by atoms with Crippen LogP contribution in [0.1, 0.15) is 39.3 Å². The highest BCUT2D eigenvalue weighted by Crippen LogP contribution is 2.39. The lowest BCUT2D eigenvalue weighted by molar-refractivity contribution is -0.128. The van der Waals surface area contributed by atoms with Gasteiger partial charge in [0.2, 0.25) is 5.91 Å². The molecule has 2 aliphatic heterocycles. The molecule has 0 saturated carbocycles. The average Bonchev–Trinajstić information content (AvgIpc) is 3.61. The molecule has 1 atom stereocenters. The van der Waals surface area contributed by atoms with Crippen LogP contribution in [0.25, 0.3) is 0 Å². The lowest BCUT2D eigenvalue weighted by atomic mass is 9.96. The van der Waals surface area contributed by atoms with E-state index in [4.69, 9.17) is 37.1 Å². The number of furan rings is 1. The number of carbonyl (C=O) groups excluding carboxylic acids is 3. The number of likely N-dealkylation sites (tertiary alicyclic amines) is 1. The van der Waals surface area contributed by atoms with Gasteiger partial charge in [-0.15, -0.1) is 0 Å². The van der Waals surface area contributed by atoms with Gasteiger partial charge in [0.05, 0.1) is 36.6 Å². The zero-order chi connectivity index (χ0) is 27.6. The van der Waals surface area contributed by atoms with Crippen molar-refractivity contribution in [3.63, 3.8) is 0 Å². The van der Waals surface area contributed by atoms with Crippen LogP contribution in [0, 0.1) is 0 Å². The van der Waals surface area contributed by atoms with Gasteiger partial charge in [-0.2, -0.15) is 0 Å². The third-order valence-corrected chi connectivity index (χ3v) is 7.85. The van der Waals surface area contributed by atoms with Crippen molar-refractivity contribution in [2.75, 3.05) is 26.8 Å². The molecule has 0 radical (unpaired) electrons.